The summed E-state index contributed by atoms with van der Waals surface area (Å²) in [5.41, 5.74) is 4.03. The molecule has 3 unspecified atom stereocenters. The molecular formula is C26H36N5O4P. The number of aryl methyl sites for hydroxylation is 2. The maximum atomic E-state index is 13.3. The van der Waals surface area contributed by atoms with Crippen molar-refractivity contribution in [3.05, 3.63) is 46.6 Å². The fourth-order valence-corrected chi connectivity index (χ4v) is 6.10. The summed E-state index contributed by atoms with van der Waals surface area (Å²) in [6, 6.07) is 6.33. The quantitative estimate of drug-likeness (QED) is 0.453. The van der Waals surface area contributed by atoms with Gasteiger partial charge in [0.2, 0.25) is 5.95 Å². The second-order valence-electron chi connectivity index (χ2n) is 10.7. The van der Waals surface area contributed by atoms with Crippen molar-refractivity contribution in [2.24, 2.45) is 11.8 Å². The van der Waals surface area contributed by atoms with Crippen LogP contribution in [0.15, 0.2) is 24.4 Å². The minimum Gasteiger partial charge on any atom is -0.365 e. The lowest BCUT2D eigenvalue weighted by Gasteiger charge is -2.29. The van der Waals surface area contributed by atoms with Crippen molar-refractivity contribution >= 4 is 25.3 Å². The number of fused-ring (bicyclic) bond motifs is 1. The fraction of sp³-hybridized carbons (Fsp3) is 0.577. The second kappa shape index (κ2) is 10.1. The summed E-state index contributed by atoms with van der Waals surface area (Å²) in [4.78, 5) is 34.3. The van der Waals surface area contributed by atoms with Crippen LogP contribution in [-0.4, -0.2) is 52.7 Å². The van der Waals surface area contributed by atoms with Gasteiger partial charge in [-0.3, -0.25) is 9.36 Å². The maximum absolute atomic E-state index is 13.3. The molecule has 3 N–H and O–H groups in total. The first-order valence-corrected chi connectivity index (χ1v) is 14.9. The summed E-state index contributed by atoms with van der Waals surface area (Å²) in [6.45, 7) is 7.93. The van der Waals surface area contributed by atoms with Crippen LogP contribution in [0.2, 0.25) is 0 Å². The number of benzene rings is 1. The monoisotopic (exact) mass is 513 g/mol. The number of carbonyl (C=O) groups excluding carboxylic acids is 1. The molecule has 2 saturated carbocycles. The largest absolute Gasteiger partial charge is 0.365 e. The van der Waals surface area contributed by atoms with E-state index in [0.717, 1.165) is 30.5 Å². The van der Waals surface area contributed by atoms with Crippen molar-refractivity contribution in [3.8, 4) is 0 Å². The molecule has 1 aromatic carbocycles. The summed E-state index contributed by atoms with van der Waals surface area (Å²) < 4.78 is 16.8. The Kier molecular flexibility index (Phi) is 7.07. The Hall–Kier alpha value is -2.48. The third kappa shape index (κ3) is 6.07. The van der Waals surface area contributed by atoms with Crippen molar-refractivity contribution in [3.63, 3.8) is 0 Å². The van der Waals surface area contributed by atoms with E-state index in [-0.39, 0.29) is 18.1 Å². The molecule has 10 heteroatoms. The van der Waals surface area contributed by atoms with Crippen molar-refractivity contribution in [1.29, 1.82) is 0 Å². The lowest BCUT2D eigenvalue weighted by molar-refractivity contribution is 0.0882. The average Bonchev–Trinajstić information content (AvgIpc) is 3.44. The van der Waals surface area contributed by atoms with Gasteiger partial charge in [-0.2, -0.15) is 4.98 Å². The predicted octanol–water partition coefficient (Wildman–Crippen LogP) is 4.03. The molecule has 3 aliphatic rings. The highest BCUT2D eigenvalue weighted by atomic mass is 31.2. The highest BCUT2D eigenvalue weighted by Crippen LogP contribution is 2.46. The summed E-state index contributed by atoms with van der Waals surface area (Å²) >= 11 is 0. The zero-order valence-electron chi connectivity index (χ0n) is 21.2. The number of anilines is 2. The molecule has 0 radical (unpaired) electrons. The maximum Gasteiger partial charge on any atom is 0.325 e. The Balaban J connectivity index is 1.28. The van der Waals surface area contributed by atoms with Gasteiger partial charge >= 0.3 is 7.60 Å². The molecule has 1 aromatic heterocycles. The van der Waals surface area contributed by atoms with Crippen LogP contribution in [0.3, 0.4) is 0 Å². The van der Waals surface area contributed by atoms with Crippen molar-refractivity contribution < 1.29 is 18.8 Å². The van der Waals surface area contributed by atoms with Gasteiger partial charge in [0.25, 0.3) is 5.91 Å². The van der Waals surface area contributed by atoms with Gasteiger partial charge in [-0.25, -0.2) is 4.98 Å². The van der Waals surface area contributed by atoms with E-state index in [9.17, 15) is 14.3 Å². The van der Waals surface area contributed by atoms with Crippen LogP contribution < -0.4 is 15.5 Å². The third-order valence-electron chi connectivity index (χ3n) is 7.67. The molecular weight excluding hydrogens is 477 g/mol. The first-order chi connectivity index (χ1) is 17.1. The van der Waals surface area contributed by atoms with Gasteiger partial charge in [-0.15, -0.1) is 0 Å². The Morgan fingerprint density at radius 2 is 1.89 bits per heavy atom. The number of hydrogen-bond donors (Lipinski definition) is 3. The number of rotatable bonds is 8. The van der Waals surface area contributed by atoms with Crippen molar-refractivity contribution in [2.45, 2.75) is 64.6 Å². The zero-order chi connectivity index (χ0) is 25.4. The Morgan fingerprint density at radius 1 is 1.17 bits per heavy atom. The Labute approximate surface area is 212 Å². The first-order valence-electron chi connectivity index (χ1n) is 12.9. The molecule has 0 bridgehead atoms. The van der Waals surface area contributed by atoms with Crippen LogP contribution >= 0.6 is 7.60 Å². The number of amides is 1. The number of aromatic nitrogens is 2. The van der Waals surface area contributed by atoms with Gasteiger partial charge in [0.15, 0.2) is 0 Å². The summed E-state index contributed by atoms with van der Waals surface area (Å²) in [6.07, 6.45) is 5.34. The Bertz CT molecular complexity index is 1170. The minimum absolute atomic E-state index is 0.0229. The van der Waals surface area contributed by atoms with Gasteiger partial charge < -0.3 is 25.0 Å². The molecule has 3 fully saturated rings. The van der Waals surface area contributed by atoms with E-state index < -0.39 is 7.60 Å². The molecule has 1 amide bonds. The SMILES string of the molecule is Cc1ccc(CNc2nc(N3CC4CC4C3)ncc2C(=O)NC2CCC(OP(C)(=O)O)CC2)cc1C. The number of carbonyl (C=O) groups is 1. The van der Waals surface area contributed by atoms with E-state index in [1.807, 2.05) is 0 Å². The van der Waals surface area contributed by atoms with Crippen molar-refractivity contribution in [1.82, 2.24) is 15.3 Å². The highest BCUT2D eigenvalue weighted by Gasteiger charge is 2.46. The van der Waals surface area contributed by atoms with Crippen LogP contribution in [0.4, 0.5) is 11.8 Å². The van der Waals surface area contributed by atoms with Crippen LogP contribution in [-0.2, 0) is 15.6 Å². The molecule has 2 aromatic rings. The molecule has 194 valence electrons. The standard InChI is InChI=1S/C26H36N5O4P/c1-16-4-5-18(10-17(16)2)12-27-24-23(13-28-26(30-24)31-14-19-11-20(19)15-31)25(32)29-21-6-8-22(9-7-21)35-36(3,33)34/h4-5,10,13,19-22H,6-9,11-12,14-15H2,1-3H3,(H,29,32)(H,33,34)(H,27,28,30). The normalized spacial score (nSPS) is 26.7. The zero-order valence-corrected chi connectivity index (χ0v) is 22.1. The van der Waals surface area contributed by atoms with Gasteiger partial charge in [-0.05, 0) is 74.5 Å². The van der Waals surface area contributed by atoms with Crippen LogP contribution in [0, 0.1) is 25.7 Å². The fourth-order valence-electron chi connectivity index (χ4n) is 5.34. The molecule has 2 heterocycles. The molecule has 3 atom stereocenters. The number of nitrogens with zero attached hydrogens (tertiary/aromatic N) is 3. The predicted molar refractivity (Wildman–Crippen MR) is 139 cm³/mol. The number of piperidine rings is 1. The van der Waals surface area contributed by atoms with Gasteiger partial charge in [-0.1, -0.05) is 18.2 Å². The summed E-state index contributed by atoms with van der Waals surface area (Å²) in [5, 5.41) is 6.51. The molecule has 5 rings (SSSR count). The van der Waals surface area contributed by atoms with Gasteiger partial charge in [0.05, 0.1) is 6.10 Å². The average molecular weight is 514 g/mol. The van der Waals surface area contributed by atoms with Crippen LogP contribution in [0.1, 0.15) is 59.2 Å². The van der Waals surface area contributed by atoms with E-state index in [4.69, 9.17) is 9.51 Å². The van der Waals surface area contributed by atoms with E-state index in [1.54, 1.807) is 6.20 Å². The summed E-state index contributed by atoms with van der Waals surface area (Å²) in [7, 11) is -3.51. The molecule has 1 aliphatic heterocycles. The second-order valence-corrected chi connectivity index (χ2v) is 12.5. The van der Waals surface area contributed by atoms with E-state index in [0.29, 0.717) is 49.6 Å². The van der Waals surface area contributed by atoms with Crippen LogP contribution in [0.5, 0.6) is 0 Å². The molecule has 0 spiro atoms. The van der Waals surface area contributed by atoms with E-state index in [2.05, 4.69) is 52.6 Å². The van der Waals surface area contributed by atoms with Gasteiger partial charge in [0.1, 0.15) is 11.4 Å². The minimum atomic E-state index is -3.51. The van der Waals surface area contributed by atoms with Crippen LogP contribution in [0.25, 0.3) is 0 Å². The highest BCUT2D eigenvalue weighted by molar-refractivity contribution is 7.51. The summed E-state index contributed by atoms with van der Waals surface area (Å²) in [5.74, 6) is 2.53. The smallest absolute Gasteiger partial charge is 0.325 e. The Morgan fingerprint density at radius 3 is 2.56 bits per heavy atom. The molecule has 36 heavy (non-hydrogen) atoms. The van der Waals surface area contributed by atoms with E-state index in [1.165, 1.54) is 24.2 Å². The lowest BCUT2D eigenvalue weighted by Crippen LogP contribution is -2.39. The molecule has 1 saturated heterocycles. The van der Waals surface area contributed by atoms with Crippen molar-refractivity contribution in [2.75, 3.05) is 30.0 Å². The molecule has 9 nitrogen and oxygen atoms in total. The lowest BCUT2D eigenvalue weighted by atomic mass is 9.93. The first kappa shape index (κ1) is 25.2. The number of nitrogens with one attached hydrogen (secondary N) is 2. The number of hydrogen-bond acceptors (Lipinski definition) is 7. The third-order valence-corrected chi connectivity index (χ3v) is 8.36. The topological polar surface area (TPSA) is 117 Å². The molecule has 2 aliphatic carbocycles. The van der Waals surface area contributed by atoms with E-state index >= 15 is 0 Å². The van der Waals surface area contributed by atoms with Gasteiger partial charge in [0, 0.05) is 38.5 Å².